The summed E-state index contributed by atoms with van der Waals surface area (Å²) in [5, 5.41) is 10.00. The van der Waals surface area contributed by atoms with Crippen LogP contribution in [0.4, 0.5) is 0 Å². The zero-order valence-electron chi connectivity index (χ0n) is 17.9. The molecule has 3 fully saturated rings. The molecule has 0 bridgehead atoms. The lowest BCUT2D eigenvalue weighted by molar-refractivity contribution is -0.176. The van der Waals surface area contributed by atoms with Crippen LogP contribution in [-0.2, 0) is 4.79 Å². The first-order chi connectivity index (χ1) is 12.2. The van der Waals surface area contributed by atoms with Crippen molar-refractivity contribution >= 4 is 5.97 Å². The van der Waals surface area contributed by atoms with Crippen LogP contribution in [-0.4, -0.2) is 11.1 Å². The van der Waals surface area contributed by atoms with Gasteiger partial charge < -0.3 is 5.11 Å². The molecule has 3 aliphatic carbocycles. The highest BCUT2D eigenvalue weighted by Crippen LogP contribution is 2.66. The second kappa shape index (κ2) is 7.13. The van der Waals surface area contributed by atoms with Crippen LogP contribution in [0.3, 0.4) is 0 Å². The number of carboxylic acids is 1. The SMILES string of the molecule is CCCCC1(C(C)C)CCC2C(CCC3C(C)(C(=O)O)CCCC23C)C1. The van der Waals surface area contributed by atoms with E-state index in [1.165, 1.54) is 51.4 Å². The van der Waals surface area contributed by atoms with E-state index < -0.39 is 11.4 Å². The molecule has 0 spiro atoms. The van der Waals surface area contributed by atoms with Crippen LogP contribution in [0.2, 0.25) is 0 Å². The Morgan fingerprint density at radius 2 is 1.85 bits per heavy atom. The summed E-state index contributed by atoms with van der Waals surface area (Å²) in [5.41, 5.74) is 0.306. The predicted octanol–water partition coefficient (Wildman–Crippen LogP) is 6.93. The summed E-state index contributed by atoms with van der Waals surface area (Å²) < 4.78 is 0. The Kier molecular flexibility index (Phi) is 5.54. The molecule has 0 aromatic carbocycles. The molecule has 3 saturated carbocycles. The topological polar surface area (TPSA) is 37.3 Å². The van der Waals surface area contributed by atoms with E-state index in [0.717, 1.165) is 37.0 Å². The van der Waals surface area contributed by atoms with Gasteiger partial charge in [0, 0.05) is 0 Å². The van der Waals surface area contributed by atoms with E-state index in [9.17, 15) is 9.90 Å². The van der Waals surface area contributed by atoms with Crippen molar-refractivity contribution in [2.75, 3.05) is 0 Å². The third-order valence-corrected chi connectivity index (χ3v) is 9.58. The lowest BCUT2D eigenvalue weighted by atomic mass is 9.42. The Labute approximate surface area is 161 Å². The molecule has 3 rings (SSSR count). The molecule has 1 N–H and O–H groups in total. The highest BCUT2D eigenvalue weighted by atomic mass is 16.4. The third-order valence-electron chi connectivity index (χ3n) is 9.58. The maximum Gasteiger partial charge on any atom is 0.309 e. The fourth-order valence-electron chi connectivity index (χ4n) is 7.83. The highest BCUT2D eigenvalue weighted by molar-refractivity contribution is 5.75. The smallest absolute Gasteiger partial charge is 0.309 e. The molecule has 2 nitrogen and oxygen atoms in total. The summed E-state index contributed by atoms with van der Waals surface area (Å²) in [6.45, 7) is 11.8. The zero-order valence-corrected chi connectivity index (χ0v) is 17.9. The maximum absolute atomic E-state index is 12.1. The third kappa shape index (κ3) is 3.04. The molecule has 0 heterocycles. The van der Waals surface area contributed by atoms with Crippen LogP contribution in [0, 0.1) is 39.9 Å². The Morgan fingerprint density at radius 1 is 1.12 bits per heavy atom. The van der Waals surface area contributed by atoms with Crippen LogP contribution in [0.25, 0.3) is 0 Å². The zero-order chi connectivity index (χ0) is 19.2. The van der Waals surface area contributed by atoms with Crippen LogP contribution in [0.5, 0.6) is 0 Å². The second-order valence-electron chi connectivity index (χ2n) is 10.9. The number of hydrogen-bond acceptors (Lipinski definition) is 1. The summed E-state index contributed by atoms with van der Waals surface area (Å²) in [6.07, 6.45) is 13.8. The minimum Gasteiger partial charge on any atom is -0.481 e. The van der Waals surface area contributed by atoms with Gasteiger partial charge >= 0.3 is 5.97 Å². The molecule has 6 unspecified atom stereocenters. The molecule has 3 aliphatic rings. The van der Waals surface area contributed by atoms with Crippen molar-refractivity contribution in [2.24, 2.45) is 39.9 Å². The lowest BCUT2D eigenvalue weighted by Gasteiger charge is -2.62. The van der Waals surface area contributed by atoms with Gasteiger partial charge in [-0.1, -0.05) is 47.0 Å². The number of fused-ring (bicyclic) bond motifs is 3. The Hall–Kier alpha value is -0.530. The minimum absolute atomic E-state index is 0.252. The van der Waals surface area contributed by atoms with Crippen LogP contribution >= 0.6 is 0 Å². The van der Waals surface area contributed by atoms with E-state index in [1.54, 1.807) is 0 Å². The van der Waals surface area contributed by atoms with Gasteiger partial charge in [-0.05, 0) is 92.8 Å². The maximum atomic E-state index is 12.1. The molecule has 0 aromatic rings. The van der Waals surface area contributed by atoms with Crippen molar-refractivity contribution in [3.8, 4) is 0 Å². The van der Waals surface area contributed by atoms with Gasteiger partial charge in [0.25, 0.3) is 0 Å². The average molecular weight is 363 g/mol. The van der Waals surface area contributed by atoms with E-state index >= 15 is 0 Å². The van der Waals surface area contributed by atoms with Crippen LogP contribution in [0.15, 0.2) is 0 Å². The van der Waals surface area contributed by atoms with E-state index in [4.69, 9.17) is 0 Å². The van der Waals surface area contributed by atoms with E-state index in [-0.39, 0.29) is 5.41 Å². The Bertz CT molecular complexity index is 526. The molecule has 0 saturated heterocycles. The van der Waals surface area contributed by atoms with Crippen molar-refractivity contribution in [1.29, 1.82) is 0 Å². The minimum atomic E-state index is -0.540. The van der Waals surface area contributed by atoms with Gasteiger partial charge in [0.1, 0.15) is 0 Å². The van der Waals surface area contributed by atoms with E-state index in [0.29, 0.717) is 11.3 Å². The number of aliphatic carboxylic acids is 1. The fourth-order valence-corrected chi connectivity index (χ4v) is 7.83. The molecule has 6 atom stereocenters. The van der Waals surface area contributed by atoms with Crippen molar-refractivity contribution in [3.05, 3.63) is 0 Å². The van der Waals surface area contributed by atoms with E-state index in [2.05, 4.69) is 34.6 Å². The molecular weight excluding hydrogens is 320 g/mol. The van der Waals surface area contributed by atoms with Crippen LogP contribution in [0.1, 0.15) is 105 Å². The number of carboxylic acid groups (broad SMARTS) is 1. The van der Waals surface area contributed by atoms with Crippen molar-refractivity contribution < 1.29 is 9.90 Å². The van der Waals surface area contributed by atoms with Gasteiger partial charge in [0.15, 0.2) is 0 Å². The second-order valence-corrected chi connectivity index (χ2v) is 10.9. The first-order valence-electron chi connectivity index (χ1n) is 11.4. The molecule has 0 aliphatic heterocycles. The summed E-state index contributed by atoms with van der Waals surface area (Å²) in [4.78, 5) is 12.1. The number of unbranched alkanes of at least 4 members (excludes halogenated alkanes) is 1. The molecule has 26 heavy (non-hydrogen) atoms. The largest absolute Gasteiger partial charge is 0.481 e. The monoisotopic (exact) mass is 362 g/mol. The molecule has 0 amide bonds. The van der Waals surface area contributed by atoms with Crippen molar-refractivity contribution in [3.63, 3.8) is 0 Å². The van der Waals surface area contributed by atoms with Gasteiger partial charge in [-0.3, -0.25) is 4.79 Å². The van der Waals surface area contributed by atoms with Gasteiger partial charge in [-0.2, -0.15) is 0 Å². The molecular formula is C24H42O2. The number of hydrogen-bond donors (Lipinski definition) is 1. The average Bonchev–Trinajstić information content (AvgIpc) is 2.59. The van der Waals surface area contributed by atoms with Gasteiger partial charge in [-0.25, -0.2) is 0 Å². The number of carbonyl (C=O) groups is 1. The standard InChI is InChI=1S/C24H42O2/c1-6-7-14-24(17(2)3)15-11-19-18(16-24)9-10-20-22(19,4)12-8-13-23(20,5)21(25)26/h17-20H,6-16H2,1-5H3,(H,25,26). The lowest BCUT2D eigenvalue weighted by Crippen LogP contribution is -2.57. The Balaban J connectivity index is 1.84. The molecule has 150 valence electrons. The summed E-state index contributed by atoms with van der Waals surface area (Å²) in [6, 6.07) is 0. The van der Waals surface area contributed by atoms with Crippen molar-refractivity contribution in [1.82, 2.24) is 0 Å². The normalized spacial score (nSPS) is 45.8. The summed E-state index contributed by atoms with van der Waals surface area (Å²) >= 11 is 0. The molecule has 2 heteroatoms. The quantitative estimate of drug-likeness (QED) is 0.576. The summed E-state index contributed by atoms with van der Waals surface area (Å²) in [7, 11) is 0. The van der Waals surface area contributed by atoms with Gasteiger partial charge in [0.2, 0.25) is 0 Å². The fraction of sp³-hybridized carbons (Fsp3) is 0.958. The first kappa shape index (κ1) is 20.2. The molecule has 0 radical (unpaired) electrons. The predicted molar refractivity (Wildman–Crippen MR) is 108 cm³/mol. The van der Waals surface area contributed by atoms with Gasteiger partial charge in [-0.15, -0.1) is 0 Å². The van der Waals surface area contributed by atoms with Crippen molar-refractivity contribution in [2.45, 2.75) is 105 Å². The van der Waals surface area contributed by atoms with Gasteiger partial charge in [0.05, 0.1) is 5.41 Å². The summed E-state index contributed by atoms with van der Waals surface area (Å²) in [5.74, 6) is 2.21. The number of rotatable bonds is 5. The highest BCUT2D eigenvalue weighted by Gasteiger charge is 2.60. The van der Waals surface area contributed by atoms with Crippen LogP contribution < -0.4 is 0 Å². The van der Waals surface area contributed by atoms with E-state index in [1.807, 2.05) is 0 Å². The Morgan fingerprint density at radius 3 is 2.46 bits per heavy atom. The molecule has 0 aromatic heterocycles. The first-order valence-corrected chi connectivity index (χ1v) is 11.4.